The van der Waals surface area contributed by atoms with Gasteiger partial charge in [-0.05, 0) is 62.8 Å². The summed E-state index contributed by atoms with van der Waals surface area (Å²) in [5.74, 6) is 1.43. The molecule has 26 heavy (non-hydrogen) atoms. The van der Waals surface area contributed by atoms with E-state index in [-0.39, 0.29) is 17.1 Å². The lowest BCUT2D eigenvalue weighted by Gasteiger charge is -2.40. The van der Waals surface area contributed by atoms with Crippen molar-refractivity contribution < 1.29 is 13.9 Å². The second-order valence-corrected chi connectivity index (χ2v) is 8.35. The number of benzene rings is 1. The van der Waals surface area contributed by atoms with Gasteiger partial charge in [-0.2, -0.15) is 0 Å². The van der Waals surface area contributed by atoms with Crippen LogP contribution in [0.1, 0.15) is 44.1 Å². The molecule has 2 heterocycles. The van der Waals surface area contributed by atoms with Crippen LogP contribution in [0.4, 0.5) is 4.39 Å². The van der Waals surface area contributed by atoms with Crippen molar-refractivity contribution in [1.82, 2.24) is 9.80 Å². The molecule has 4 rings (SSSR count). The van der Waals surface area contributed by atoms with Gasteiger partial charge in [-0.1, -0.05) is 6.42 Å². The molecule has 0 radical (unpaired) electrons. The van der Waals surface area contributed by atoms with Crippen LogP contribution in [0.2, 0.25) is 0 Å². The van der Waals surface area contributed by atoms with Gasteiger partial charge in [-0.15, -0.1) is 0 Å². The minimum atomic E-state index is -0.267. The molecule has 1 aromatic rings. The van der Waals surface area contributed by atoms with Crippen molar-refractivity contribution >= 4 is 5.91 Å². The molecule has 2 saturated heterocycles. The van der Waals surface area contributed by atoms with Gasteiger partial charge in [0.25, 0.3) is 0 Å². The Morgan fingerprint density at radius 1 is 1.23 bits per heavy atom. The minimum absolute atomic E-state index is 0.224. The zero-order valence-electron chi connectivity index (χ0n) is 15.7. The third-order valence-corrected chi connectivity index (χ3v) is 6.61. The summed E-state index contributed by atoms with van der Waals surface area (Å²) in [5.41, 5.74) is 0.302. The fourth-order valence-electron chi connectivity index (χ4n) is 4.84. The van der Waals surface area contributed by atoms with Crippen molar-refractivity contribution in [3.63, 3.8) is 0 Å². The van der Waals surface area contributed by atoms with Crippen LogP contribution < -0.4 is 4.74 Å². The molecule has 1 spiro atoms. The van der Waals surface area contributed by atoms with Crippen LogP contribution in [0.25, 0.3) is 0 Å². The monoisotopic (exact) mass is 360 g/mol. The van der Waals surface area contributed by atoms with Crippen molar-refractivity contribution in [2.75, 3.05) is 33.3 Å². The highest BCUT2D eigenvalue weighted by Crippen LogP contribution is 2.41. The quantitative estimate of drug-likeness (QED) is 0.806. The van der Waals surface area contributed by atoms with Crippen molar-refractivity contribution in [3.8, 4) is 5.75 Å². The topological polar surface area (TPSA) is 32.8 Å². The second kappa shape index (κ2) is 7.18. The van der Waals surface area contributed by atoms with Crippen LogP contribution >= 0.6 is 0 Å². The second-order valence-electron chi connectivity index (χ2n) is 8.35. The zero-order chi connectivity index (χ0) is 18.1. The Balaban J connectivity index is 1.44. The molecule has 0 N–H and O–H groups in total. The molecule has 3 aliphatic rings. The predicted molar refractivity (Wildman–Crippen MR) is 98.4 cm³/mol. The lowest BCUT2D eigenvalue weighted by molar-refractivity contribution is -0.146. The largest absolute Gasteiger partial charge is 0.497 e. The van der Waals surface area contributed by atoms with Crippen molar-refractivity contribution in [2.45, 2.75) is 45.1 Å². The van der Waals surface area contributed by atoms with Crippen molar-refractivity contribution in [3.05, 3.63) is 29.6 Å². The molecule has 5 heteroatoms. The standard InChI is InChI=1S/C21H29FN2O2/c1-26-18-6-7-19(22)17(12-18)14-24-10-3-8-21(20(24)25)9-11-23(15-21)13-16-4-2-5-16/h6-7,12,16H,2-5,8-11,13-15H2,1H3/t21-/m1/s1. The fraction of sp³-hybridized carbons (Fsp3) is 0.667. The molecule has 1 saturated carbocycles. The van der Waals surface area contributed by atoms with E-state index in [1.807, 2.05) is 4.90 Å². The van der Waals surface area contributed by atoms with Gasteiger partial charge in [0, 0.05) is 31.7 Å². The molecule has 3 fully saturated rings. The Bertz CT molecular complexity index is 676. The summed E-state index contributed by atoms with van der Waals surface area (Å²) in [6.07, 6.45) is 6.99. The molecule has 0 unspecified atom stereocenters. The Kier molecular flexibility index (Phi) is 4.91. The van der Waals surface area contributed by atoms with E-state index in [1.54, 1.807) is 19.2 Å². The van der Waals surface area contributed by atoms with Crippen LogP contribution in [-0.4, -0.2) is 49.0 Å². The first-order valence-electron chi connectivity index (χ1n) is 9.94. The summed E-state index contributed by atoms with van der Waals surface area (Å²) in [6, 6.07) is 4.75. The number of hydrogen-bond acceptors (Lipinski definition) is 3. The highest BCUT2D eigenvalue weighted by molar-refractivity contribution is 5.84. The number of carbonyl (C=O) groups excluding carboxylic acids is 1. The normalized spacial score (nSPS) is 27.2. The first kappa shape index (κ1) is 17.8. The van der Waals surface area contributed by atoms with E-state index in [4.69, 9.17) is 4.74 Å². The lowest BCUT2D eigenvalue weighted by atomic mass is 9.78. The molecule has 0 bridgehead atoms. The average Bonchev–Trinajstić information content (AvgIpc) is 3.01. The average molecular weight is 360 g/mol. The molecule has 2 aliphatic heterocycles. The van der Waals surface area contributed by atoms with Gasteiger partial charge in [-0.3, -0.25) is 4.79 Å². The first-order chi connectivity index (χ1) is 12.6. The number of rotatable bonds is 5. The van der Waals surface area contributed by atoms with Gasteiger partial charge < -0.3 is 14.5 Å². The third-order valence-electron chi connectivity index (χ3n) is 6.61. The smallest absolute Gasteiger partial charge is 0.230 e. The van der Waals surface area contributed by atoms with Gasteiger partial charge in [0.15, 0.2) is 0 Å². The molecular weight excluding hydrogens is 331 g/mol. The fourth-order valence-corrected chi connectivity index (χ4v) is 4.84. The SMILES string of the molecule is COc1ccc(F)c(CN2CCC[C@]3(CCN(CC4CCC4)C3)C2=O)c1. The highest BCUT2D eigenvalue weighted by Gasteiger charge is 2.48. The van der Waals surface area contributed by atoms with E-state index in [9.17, 15) is 9.18 Å². The molecule has 4 nitrogen and oxygen atoms in total. The Hall–Kier alpha value is -1.62. The number of piperidine rings is 1. The Morgan fingerprint density at radius 3 is 2.81 bits per heavy atom. The van der Waals surface area contributed by atoms with Crippen LogP contribution in [-0.2, 0) is 11.3 Å². The van der Waals surface area contributed by atoms with E-state index in [2.05, 4.69) is 4.90 Å². The summed E-state index contributed by atoms with van der Waals surface area (Å²) in [5, 5.41) is 0. The predicted octanol–water partition coefficient (Wildman–Crippen LogP) is 3.45. The first-order valence-corrected chi connectivity index (χ1v) is 9.94. The molecule has 142 valence electrons. The number of carbonyl (C=O) groups is 1. The number of nitrogens with zero attached hydrogens (tertiary/aromatic N) is 2. The zero-order valence-corrected chi connectivity index (χ0v) is 15.7. The van der Waals surface area contributed by atoms with Gasteiger partial charge in [0.05, 0.1) is 12.5 Å². The summed E-state index contributed by atoms with van der Waals surface area (Å²) in [4.78, 5) is 17.6. The molecule has 1 aromatic carbocycles. The number of amides is 1. The van der Waals surface area contributed by atoms with E-state index < -0.39 is 0 Å². The number of ether oxygens (including phenoxy) is 1. The summed E-state index contributed by atoms with van der Waals surface area (Å²) >= 11 is 0. The van der Waals surface area contributed by atoms with Crippen LogP contribution in [0.3, 0.4) is 0 Å². The highest BCUT2D eigenvalue weighted by atomic mass is 19.1. The summed E-state index contributed by atoms with van der Waals surface area (Å²) in [7, 11) is 1.58. The molecule has 1 atom stereocenters. The molecule has 0 aromatic heterocycles. The summed E-state index contributed by atoms with van der Waals surface area (Å²) in [6.45, 7) is 4.13. The maximum atomic E-state index is 14.2. The lowest BCUT2D eigenvalue weighted by Crippen LogP contribution is -2.50. The van der Waals surface area contributed by atoms with E-state index in [0.717, 1.165) is 51.4 Å². The van der Waals surface area contributed by atoms with Crippen molar-refractivity contribution in [2.24, 2.45) is 11.3 Å². The number of methoxy groups -OCH3 is 1. The number of likely N-dealkylation sites (tertiary alicyclic amines) is 2. The maximum Gasteiger partial charge on any atom is 0.230 e. The van der Waals surface area contributed by atoms with E-state index in [0.29, 0.717) is 17.9 Å². The number of hydrogen-bond donors (Lipinski definition) is 0. The van der Waals surface area contributed by atoms with Crippen molar-refractivity contribution in [1.29, 1.82) is 0 Å². The molecule has 1 amide bonds. The molecular formula is C21H29FN2O2. The number of halogens is 1. The van der Waals surface area contributed by atoms with E-state index >= 15 is 0 Å². The van der Waals surface area contributed by atoms with Crippen LogP contribution in [0, 0.1) is 17.2 Å². The minimum Gasteiger partial charge on any atom is -0.497 e. The third kappa shape index (κ3) is 3.34. The Labute approximate surface area is 155 Å². The van der Waals surface area contributed by atoms with Gasteiger partial charge in [0.2, 0.25) is 5.91 Å². The Morgan fingerprint density at radius 2 is 2.08 bits per heavy atom. The van der Waals surface area contributed by atoms with Crippen LogP contribution in [0.5, 0.6) is 5.75 Å². The maximum absolute atomic E-state index is 14.2. The van der Waals surface area contributed by atoms with Gasteiger partial charge >= 0.3 is 0 Å². The van der Waals surface area contributed by atoms with E-state index in [1.165, 1.54) is 25.3 Å². The van der Waals surface area contributed by atoms with Gasteiger partial charge in [0.1, 0.15) is 11.6 Å². The summed E-state index contributed by atoms with van der Waals surface area (Å²) < 4.78 is 19.4. The van der Waals surface area contributed by atoms with Gasteiger partial charge in [-0.25, -0.2) is 4.39 Å². The van der Waals surface area contributed by atoms with Crippen LogP contribution in [0.15, 0.2) is 18.2 Å². The molecule has 1 aliphatic carbocycles.